The van der Waals surface area contributed by atoms with Gasteiger partial charge in [-0.05, 0) is 12.3 Å². The largest absolute Gasteiger partial charge is 0.481 e. The summed E-state index contributed by atoms with van der Waals surface area (Å²) in [6, 6.07) is -0.0630. The van der Waals surface area contributed by atoms with Gasteiger partial charge in [0, 0.05) is 46.8 Å². The van der Waals surface area contributed by atoms with Crippen LogP contribution in [0.4, 0.5) is 4.79 Å². The van der Waals surface area contributed by atoms with Crippen LogP contribution in [0.3, 0.4) is 0 Å². The number of amides is 2. The number of methoxy groups -OCH3 is 2. The van der Waals surface area contributed by atoms with Crippen LogP contribution in [0.1, 0.15) is 12.8 Å². The molecule has 1 heterocycles. The Balaban J connectivity index is 2.49. The molecule has 0 radical (unpaired) electrons. The van der Waals surface area contributed by atoms with E-state index in [1.54, 1.807) is 24.0 Å². The van der Waals surface area contributed by atoms with Crippen molar-refractivity contribution < 1.29 is 24.2 Å². The summed E-state index contributed by atoms with van der Waals surface area (Å²) in [5, 5.41) is 8.79. The Kier molecular flexibility index (Phi) is 7.32. The molecule has 7 heteroatoms. The molecule has 1 atom stereocenters. The zero-order valence-corrected chi connectivity index (χ0v) is 12.2. The molecule has 0 aromatic rings. The lowest BCUT2D eigenvalue weighted by atomic mass is 10.1. The lowest BCUT2D eigenvalue weighted by Crippen LogP contribution is -2.45. The van der Waals surface area contributed by atoms with Crippen molar-refractivity contribution in [2.45, 2.75) is 12.8 Å². The van der Waals surface area contributed by atoms with Gasteiger partial charge in [0.1, 0.15) is 0 Å². The molecule has 2 amide bonds. The van der Waals surface area contributed by atoms with E-state index in [1.807, 2.05) is 0 Å². The fraction of sp³-hybridized carbons (Fsp3) is 0.846. The van der Waals surface area contributed by atoms with Gasteiger partial charge in [-0.2, -0.15) is 0 Å². The highest BCUT2D eigenvalue weighted by molar-refractivity contribution is 5.75. The first-order valence-electron chi connectivity index (χ1n) is 6.82. The minimum absolute atomic E-state index is 0.0585. The number of carboxylic acid groups (broad SMARTS) is 1. The molecule has 0 saturated carbocycles. The molecule has 1 fully saturated rings. The van der Waals surface area contributed by atoms with Crippen LogP contribution in [0, 0.1) is 5.92 Å². The predicted molar refractivity (Wildman–Crippen MR) is 72.7 cm³/mol. The van der Waals surface area contributed by atoms with Crippen molar-refractivity contribution in [3.8, 4) is 0 Å². The molecule has 20 heavy (non-hydrogen) atoms. The van der Waals surface area contributed by atoms with Crippen molar-refractivity contribution in [2.75, 3.05) is 53.6 Å². The smallest absolute Gasteiger partial charge is 0.320 e. The number of carbonyl (C=O) groups excluding carboxylic acids is 1. The van der Waals surface area contributed by atoms with Crippen LogP contribution in [0.2, 0.25) is 0 Å². The highest BCUT2D eigenvalue weighted by atomic mass is 16.5. The second-order valence-electron chi connectivity index (χ2n) is 4.95. The SMILES string of the molecule is COCCN(CCOC)C(=O)N1CCC(CC(=O)O)C1. The van der Waals surface area contributed by atoms with E-state index >= 15 is 0 Å². The van der Waals surface area contributed by atoms with Crippen LogP contribution in [-0.2, 0) is 14.3 Å². The van der Waals surface area contributed by atoms with Crippen molar-refractivity contribution >= 4 is 12.0 Å². The number of carbonyl (C=O) groups is 2. The number of hydrogen-bond donors (Lipinski definition) is 1. The van der Waals surface area contributed by atoms with E-state index in [0.29, 0.717) is 39.4 Å². The fourth-order valence-corrected chi connectivity index (χ4v) is 2.33. The number of nitrogens with zero attached hydrogens (tertiary/aromatic N) is 2. The van der Waals surface area contributed by atoms with Gasteiger partial charge in [-0.1, -0.05) is 0 Å². The highest BCUT2D eigenvalue weighted by Crippen LogP contribution is 2.20. The second-order valence-corrected chi connectivity index (χ2v) is 4.95. The van der Waals surface area contributed by atoms with Gasteiger partial charge in [-0.25, -0.2) is 4.79 Å². The first kappa shape index (κ1) is 16.7. The normalized spacial score (nSPS) is 18.3. The average molecular weight is 288 g/mol. The fourth-order valence-electron chi connectivity index (χ4n) is 2.33. The molecule has 1 aliphatic rings. The van der Waals surface area contributed by atoms with Crippen LogP contribution >= 0.6 is 0 Å². The van der Waals surface area contributed by atoms with Crippen LogP contribution in [0.25, 0.3) is 0 Å². The molecule has 1 saturated heterocycles. The third-order valence-electron chi connectivity index (χ3n) is 3.42. The predicted octanol–water partition coefficient (Wildman–Crippen LogP) is 0.498. The van der Waals surface area contributed by atoms with Crippen molar-refractivity contribution in [3.05, 3.63) is 0 Å². The maximum absolute atomic E-state index is 12.4. The maximum atomic E-state index is 12.4. The number of urea groups is 1. The lowest BCUT2D eigenvalue weighted by Gasteiger charge is -2.27. The zero-order chi connectivity index (χ0) is 15.0. The van der Waals surface area contributed by atoms with E-state index in [2.05, 4.69) is 0 Å². The van der Waals surface area contributed by atoms with E-state index in [4.69, 9.17) is 14.6 Å². The standard InChI is InChI=1S/C13H24N2O5/c1-19-7-5-14(6-8-20-2)13(18)15-4-3-11(10-15)9-12(16)17/h11H,3-10H2,1-2H3,(H,16,17). The number of likely N-dealkylation sites (tertiary alicyclic amines) is 1. The van der Waals surface area contributed by atoms with Gasteiger partial charge in [0.05, 0.1) is 13.2 Å². The third kappa shape index (κ3) is 5.34. The molecule has 0 bridgehead atoms. The Morgan fingerprint density at radius 2 is 1.85 bits per heavy atom. The summed E-state index contributed by atoms with van der Waals surface area (Å²) in [4.78, 5) is 26.5. The van der Waals surface area contributed by atoms with E-state index in [0.717, 1.165) is 6.42 Å². The Bertz CT molecular complexity index is 316. The Hall–Kier alpha value is -1.34. The zero-order valence-electron chi connectivity index (χ0n) is 12.2. The number of carboxylic acids is 1. The molecular formula is C13H24N2O5. The monoisotopic (exact) mass is 288 g/mol. The summed E-state index contributed by atoms with van der Waals surface area (Å²) in [6.07, 6.45) is 0.875. The molecule has 0 spiro atoms. The molecule has 0 aliphatic carbocycles. The molecule has 1 N–H and O–H groups in total. The number of rotatable bonds is 8. The topological polar surface area (TPSA) is 79.3 Å². The Morgan fingerprint density at radius 3 is 2.35 bits per heavy atom. The van der Waals surface area contributed by atoms with Gasteiger partial charge >= 0.3 is 12.0 Å². The first-order valence-corrected chi connectivity index (χ1v) is 6.82. The Labute approximate surface area is 119 Å². The van der Waals surface area contributed by atoms with Gasteiger partial charge in [0.15, 0.2) is 0 Å². The molecule has 0 aromatic heterocycles. The summed E-state index contributed by atoms with van der Waals surface area (Å²) in [5.74, 6) is -0.747. The van der Waals surface area contributed by atoms with Crippen molar-refractivity contribution in [3.63, 3.8) is 0 Å². The quantitative estimate of drug-likeness (QED) is 0.703. The molecule has 0 aromatic carbocycles. The van der Waals surface area contributed by atoms with Crippen molar-refractivity contribution in [1.82, 2.24) is 9.80 Å². The van der Waals surface area contributed by atoms with Crippen LogP contribution in [0.5, 0.6) is 0 Å². The Morgan fingerprint density at radius 1 is 1.25 bits per heavy atom. The first-order chi connectivity index (χ1) is 9.58. The molecular weight excluding hydrogens is 264 g/mol. The van der Waals surface area contributed by atoms with Gasteiger partial charge < -0.3 is 24.4 Å². The highest BCUT2D eigenvalue weighted by Gasteiger charge is 2.30. The molecule has 116 valence electrons. The third-order valence-corrected chi connectivity index (χ3v) is 3.42. The molecule has 1 unspecified atom stereocenters. The summed E-state index contributed by atoms with van der Waals surface area (Å²) < 4.78 is 10.0. The van der Waals surface area contributed by atoms with Gasteiger partial charge in [0.25, 0.3) is 0 Å². The second kappa shape index (κ2) is 8.76. The molecule has 1 rings (SSSR count). The lowest BCUT2D eigenvalue weighted by molar-refractivity contribution is -0.138. The molecule has 7 nitrogen and oxygen atoms in total. The van der Waals surface area contributed by atoms with Crippen molar-refractivity contribution in [1.29, 1.82) is 0 Å². The van der Waals surface area contributed by atoms with E-state index in [-0.39, 0.29) is 18.4 Å². The van der Waals surface area contributed by atoms with Gasteiger partial charge in [-0.3, -0.25) is 4.79 Å². The average Bonchev–Trinajstić information content (AvgIpc) is 2.86. The van der Waals surface area contributed by atoms with Gasteiger partial charge in [0.2, 0.25) is 0 Å². The number of aliphatic carboxylic acids is 1. The van der Waals surface area contributed by atoms with Crippen LogP contribution in [0.15, 0.2) is 0 Å². The summed E-state index contributed by atoms with van der Waals surface area (Å²) in [7, 11) is 3.19. The summed E-state index contributed by atoms with van der Waals surface area (Å²) in [6.45, 7) is 3.11. The maximum Gasteiger partial charge on any atom is 0.320 e. The van der Waals surface area contributed by atoms with E-state index < -0.39 is 5.97 Å². The summed E-state index contributed by atoms with van der Waals surface area (Å²) >= 11 is 0. The number of hydrogen-bond acceptors (Lipinski definition) is 4. The molecule has 1 aliphatic heterocycles. The minimum Gasteiger partial charge on any atom is -0.481 e. The van der Waals surface area contributed by atoms with Gasteiger partial charge in [-0.15, -0.1) is 0 Å². The van der Waals surface area contributed by atoms with E-state index in [1.165, 1.54) is 0 Å². The number of ether oxygens (including phenoxy) is 2. The van der Waals surface area contributed by atoms with Crippen LogP contribution < -0.4 is 0 Å². The minimum atomic E-state index is -0.806. The van der Waals surface area contributed by atoms with E-state index in [9.17, 15) is 9.59 Å². The summed E-state index contributed by atoms with van der Waals surface area (Å²) in [5.41, 5.74) is 0. The van der Waals surface area contributed by atoms with Crippen molar-refractivity contribution in [2.24, 2.45) is 5.92 Å². The van der Waals surface area contributed by atoms with Crippen LogP contribution in [-0.4, -0.2) is 80.5 Å².